The molecule has 0 spiro atoms. The van der Waals surface area contributed by atoms with Crippen LogP contribution in [0.15, 0.2) is 12.3 Å². The molecule has 2 heterocycles. The molecule has 1 fully saturated rings. The second kappa shape index (κ2) is 3.28. The van der Waals surface area contributed by atoms with Gasteiger partial charge in [-0.05, 0) is 0 Å². The summed E-state index contributed by atoms with van der Waals surface area (Å²) in [5, 5.41) is 0. The van der Waals surface area contributed by atoms with E-state index in [0.29, 0.717) is 11.7 Å². The Labute approximate surface area is 74.9 Å². The number of nitrogens with zero attached hydrogens (tertiary/aromatic N) is 2. The largest absolute Gasteiger partial charge is 0.308 e. The van der Waals surface area contributed by atoms with Gasteiger partial charge in [0.15, 0.2) is 0 Å². The average molecular weight is 182 g/mol. The van der Waals surface area contributed by atoms with Gasteiger partial charge in [0.1, 0.15) is 11.6 Å². The Hall–Kier alpha value is -0.810. The van der Waals surface area contributed by atoms with Crippen LogP contribution in [0.5, 0.6) is 0 Å². The zero-order valence-electron chi connectivity index (χ0n) is 6.53. The first-order valence-electron chi connectivity index (χ1n) is 3.77. The van der Waals surface area contributed by atoms with Crippen molar-refractivity contribution in [1.29, 1.82) is 0 Å². The van der Waals surface area contributed by atoms with Crippen molar-refractivity contribution >= 4 is 17.6 Å². The molecule has 5 heteroatoms. The van der Waals surface area contributed by atoms with Crippen LogP contribution in [-0.2, 0) is 0 Å². The topological polar surface area (TPSA) is 63.8 Å². The molecule has 1 saturated heterocycles. The van der Waals surface area contributed by atoms with Crippen LogP contribution >= 0.6 is 11.8 Å². The van der Waals surface area contributed by atoms with Crippen molar-refractivity contribution in [1.82, 2.24) is 9.97 Å². The highest BCUT2D eigenvalue weighted by atomic mass is 32.2. The Kier molecular flexibility index (Phi) is 2.14. The third kappa shape index (κ3) is 1.37. The Balaban J connectivity index is 2.19. The van der Waals surface area contributed by atoms with Gasteiger partial charge in [-0.2, -0.15) is 11.8 Å². The van der Waals surface area contributed by atoms with E-state index in [4.69, 9.17) is 5.84 Å². The maximum atomic E-state index is 5.23. The predicted molar refractivity (Wildman–Crippen MR) is 49.9 cm³/mol. The number of nitrogens with two attached hydrogens (primary N) is 1. The minimum atomic E-state index is 0.531. The number of aromatic nitrogens is 2. The van der Waals surface area contributed by atoms with E-state index in [0.717, 1.165) is 17.3 Å². The fourth-order valence-corrected chi connectivity index (χ4v) is 1.81. The molecule has 1 aromatic heterocycles. The zero-order valence-corrected chi connectivity index (χ0v) is 7.34. The zero-order chi connectivity index (χ0) is 8.39. The van der Waals surface area contributed by atoms with Crippen LogP contribution in [0.1, 0.15) is 11.7 Å². The van der Waals surface area contributed by atoms with E-state index in [1.807, 2.05) is 11.8 Å². The Morgan fingerprint density at radius 2 is 2.42 bits per heavy atom. The van der Waals surface area contributed by atoms with Crippen molar-refractivity contribution in [2.75, 3.05) is 16.9 Å². The smallest absolute Gasteiger partial charge is 0.143 e. The number of nitrogens with one attached hydrogen (secondary N) is 1. The summed E-state index contributed by atoms with van der Waals surface area (Å²) in [5.74, 6) is 9.63. The van der Waals surface area contributed by atoms with Gasteiger partial charge in [-0.3, -0.25) is 0 Å². The molecule has 0 aromatic carbocycles. The highest BCUT2D eigenvalue weighted by Gasteiger charge is 2.22. The summed E-state index contributed by atoms with van der Waals surface area (Å²) >= 11 is 1.92. The molecule has 0 atom stereocenters. The van der Waals surface area contributed by atoms with Crippen LogP contribution in [0, 0.1) is 0 Å². The standard InChI is InChI=1S/C7H10N4S/c8-11-6-1-2-9-7(10-6)5-3-12-4-5/h1-2,5H,3-4,8H2,(H,9,10,11). The Morgan fingerprint density at radius 1 is 1.58 bits per heavy atom. The van der Waals surface area contributed by atoms with Crippen LogP contribution in [0.3, 0.4) is 0 Å². The Morgan fingerprint density at radius 3 is 3.00 bits per heavy atom. The number of hydrazine groups is 1. The lowest BCUT2D eigenvalue weighted by Gasteiger charge is -2.23. The van der Waals surface area contributed by atoms with Gasteiger partial charge < -0.3 is 5.43 Å². The average Bonchev–Trinajstić information content (AvgIpc) is 2.02. The molecule has 0 amide bonds. The number of nitrogen functional groups attached to an aromatic ring is 1. The molecular weight excluding hydrogens is 172 g/mol. The molecule has 0 aliphatic carbocycles. The lowest BCUT2D eigenvalue weighted by atomic mass is 10.2. The van der Waals surface area contributed by atoms with Gasteiger partial charge in [0, 0.05) is 29.7 Å². The maximum absolute atomic E-state index is 5.23. The molecule has 2 rings (SSSR count). The molecule has 1 aromatic rings. The summed E-state index contributed by atoms with van der Waals surface area (Å²) in [6, 6.07) is 1.76. The normalized spacial score (nSPS) is 17.1. The number of hydrogen-bond donors (Lipinski definition) is 2. The van der Waals surface area contributed by atoms with Gasteiger partial charge in [-0.1, -0.05) is 0 Å². The van der Waals surface area contributed by atoms with Crippen LogP contribution < -0.4 is 11.3 Å². The first kappa shape index (κ1) is 7.82. The molecule has 1 aliphatic heterocycles. The van der Waals surface area contributed by atoms with Crippen LogP contribution in [0.4, 0.5) is 5.82 Å². The van der Waals surface area contributed by atoms with Gasteiger partial charge in [0.2, 0.25) is 0 Å². The summed E-state index contributed by atoms with van der Waals surface area (Å²) in [7, 11) is 0. The monoisotopic (exact) mass is 182 g/mol. The van der Waals surface area contributed by atoms with E-state index < -0.39 is 0 Å². The van der Waals surface area contributed by atoms with Gasteiger partial charge in [-0.15, -0.1) is 0 Å². The number of rotatable bonds is 2. The molecule has 1 aliphatic rings. The molecule has 64 valence electrons. The number of hydrogen-bond acceptors (Lipinski definition) is 5. The molecule has 0 bridgehead atoms. The third-order valence-corrected chi connectivity index (χ3v) is 3.10. The van der Waals surface area contributed by atoms with Crippen molar-refractivity contribution in [3.63, 3.8) is 0 Å². The van der Waals surface area contributed by atoms with E-state index in [1.165, 1.54) is 0 Å². The maximum Gasteiger partial charge on any atom is 0.143 e. The highest BCUT2D eigenvalue weighted by Crippen LogP contribution is 2.31. The first-order chi connectivity index (χ1) is 5.90. The van der Waals surface area contributed by atoms with E-state index in [2.05, 4.69) is 15.4 Å². The molecule has 0 saturated carbocycles. The Bertz CT molecular complexity index is 274. The molecule has 12 heavy (non-hydrogen) atoms. The summed E-state index contributed by atoms with van der Waals surface area (Å²) in [6.07, 6.45) is 1.74. The molecule has 4 nitrogen and oxygen atoms in total. The highest BCUT2D eigenvalue weighted by molar-refractivity contribution is 8.00. The molecular formula is C7H10N4S. The van der Waals surface area contributed by atoms with E-state index in [-0.39, 0.29) is 0 Å². The van der Waals surface area contributed by atoms with Crippen molar-refractivity contribution in [3.05, 3.63) is 18.1 Å². The summed E-state index contributed by atoms with van der Waals surface area (Å²) in [4.78, 5) is 8.44. The minimum Gasteiger partial charge on any atom is -0.308 e. The fourth-order valence-electron chi connectivity index (χ4n) is 1.04. The first-order valence-corrected chi connectivity index (χ1v) is 4.93. The van der Waals surface area contributed by atoms with Crippen molar-refractivity contribution in [2.24, 2.45) is 5.84 Å². The predicted octanol–water partition coefficient (Wildman–Crippen LogP) is 0.593. The van der Waals surface area contributed by atoms with Crippen LogP contribution in [0.25, 0.3) is 0 Å². The summed E-state index contributed by atoms with van der Waals surface area (Å²) in [5.41, 5.74) is 2.51. The van der Waals surface area contributed by atoms with Gasteiger partial charge >= 0.3 is 0 Å². The van der Waals surface area contributed by atoms with Gasteiger partial charge in [-0.25, -0.2) is 15.8 Å². The van der Waals surface area contributed by atoms with Crippen molar-refractivity contribution in [2.45, 2.75) is 5.92 Å². The van der Waals surface area contributed by atoms with Gasteiger partial charge in [0.05, 0.1) is 0 Å². The molecule has 3 N–H and O–H groups in total. The second-order valence-corrected chi connectivity index (χ2v) is 3.75. The fraction of sp³-hybridized carbons (Fsp3) is 0.429. The molecule has 0 radical (unpaired) electrons. The van der Waals surface area contributed by atoms with E-state index >= 15 is 0 Å². The van der Waals surface area contributed by atoms with E-state index in [9.17, 15) is 0 Å². The second-order valence-electron chi connectivity index (χ2n) is 2.68. The van der Waals surface area contributed by atoms with E-state index in [1.54, 1.807) is 12.3 Å². The minimum absolute atomic E-state index is 0.531. The van der Waals surface area contributed by atoms with Crippen molar-refractivity contribution in [3.8, 4) is 0 Å². The lowest BCUT2D eigenvalue weighted by Crippen LogP contribution is -2.19. The van der Waals surface area contributed by atoms with Crippen LogP contribution in [0.2, 0.25) is 0 Å². The third-order valence-electron chi connectivity index (χ3n) is 1.83. The molecule has 0 unspecified atom stereocenters. The summed E-state index contributed by atoms with van der Waals surface area (Å²) in [6.45, 7) is 0. The van der Waals surface area contributed by atoms with Crippen molar-refractivity contribution < 1.29 is 0 Å². The van der Waals surface area contributed by atoms with Gasteiger partial charge in [0.25, 0.3) is 0 Å². The number of anilines is 1. The number of thioether (sulfide) groups is 1. The lowest BCUT2D eigenvalue weighted by molar-refractivity contribution is 0.764. The quantitative estimate of drug-likeness (QED) is 0.518. The SMILES string of the molecule is NNc1ccnc(C2CSC2)n1. The van der Waals surface area contributed by atoms with Crippen LogP contribution in [-0.4, -0.2) is 21.5 Å². The summed E-state index contributed by atoms with van der Waals surface area (Å²) < 4.78 is 0.